The summed E-state index contributed by atoms with van der Waals surface area (Å²) in [7, 11) is 0. The third-order valence-corrected chi connectivity index (χ3v) is 7.69. The van der Waals surface area contributed by atoms with E-state index in [1.54, 1.807) is 11.6 Å². The van der Waals surface area contributed by atoms with Crippen molar-refractivity contribution in [3.8, 4) is 5.75 Å². The number of fused-ring (bicyclic) bond motifs is 1. The van der Waals surface area contributed by atoms with Crippen LogP contribution in [0.15, 0.2) is 24.3 Å². The number of halogens is 1. The molecule has 6 nitrogen and oxygen atoms in total. The van der Waals surface area contributed by atoms with Crippen LogP contribution in [0.4, 0.5) is 0 Å². The molecule has 1 spiro atoms. The fraction of sp³-hybridized carbons (Fsp3) is 0.524. The Morgan fingerprint density at radius 2 is 2.14 bits per heavy atom. The third kappa shape index (κ3) is 4.17. The van der Waals surface area contributed by atoms with Gasteiger partial charge in [-0.15, -0.1) is 0 Å². The van der Waals surface area contributed by atoms with Crippen molar-refractivity contribution in [2.45, 2.75) is 56.6 Å². The van der Waals surface area contributed by atoms with Gasteiger partial charge in [0.05, 0.1) is 0 Å². The normalized spacial score (nSPS) is 27.6. The molecule has 0 aromatic heterocycles. The highest BCUT2D eigenvalue weighted by molar-refractivity contribution is 14.2. The second kappa shape index (κ2) is 8.61. The van der Waals surface area contributed by atoms with Crippen molar-refractivity contribution < 1.29 is 18.2 Å². The minimum absolute atomic E-state index is 0.222. The van der Waals surface area contributed by atoms with Crippen LogP contribution in [-0.4, -0.2) is 47.7 Å². The van der Waals surface area contributed by atoms with Crippen molar-refractivity contribution in [2.24, 2.45) is 0 Å². The largest absolute Gasteiger partial charge is 0.485 e. The van der Waals surface area contributed by atoms with E-state index in [1.807, 2.05) is 18.2 Å². The summed E-state index contributed by atoms with van der Waals surface area (Å²) in [5.41, 5.74) is 3.17. The zero-order chi connectivity index (χ0) is 19.6. The van der Waals surface area contributed by atoms with Crippen LogP contribution in [0.25, 0.3) is 6.08 Å². The molecule has 3 N–H and O–H groups in total. The van der Waals surface area contributed by atoms with E-state index in [-0.39, 0.29) is 5.60 Å². The lowest BCUT2D eigenvalue weighted by Gasteiger charge is -2.47. The maximum Gasteiger partial charge on any atom is 0.267 e. The molecule has 4 rings (SSSR count). The summed E-state index contributed by atoms with van der Waals surface area (Å²) in [5, 5.41) is 8.62. The summed E-state index contributed by atoms with van der Waals surface area (Å²) in [6.07, 6.45) is 11.1. The molecule has 2 aliphatic heterocycles. The summed E-state index contributed by atoms with van der Waals surface area (Å²) in [6.45, 7) is 2.10. The molecular weight excluding hydrogens is 471 g/mol. The van der Waals surface area contributed by atoms with Gasteiger partial charge in [-0.25, -0.2) is 5.48 Å². The molecular formula is C21H27IN2O4. The summed E-state index contributed by atoms with van der Waals surface area (Å²) >= 11 is -1.05. The highest BCUT2D eigenvalue weighted by Crippen LogP contribution is 2.41. The van der Waals surface area contributed by atoms with E-state index >= 15 is 0 Å². The second-order valence-electron chi connectivity index (χ2n) is 8.03. The quantitative estimate of drug-likeness (QED) is 0.258. The Labute approximate surface area is 175 Å². The van der Waals surface area contributed by atoms with Crippen LogP contribution in [-0.2, 0) is 4.79 Å². The number of ether oxygens (including phenoxy) is 1. The van der Waals surface area contributed by atoms with Crippen LogP contribution in [0.3, 0.4) is 0 Å². The van der Waals surface area contributed by atoms with Gasteiger partial charge in [-0.05, 0) is 56.0 Å². The fourth-order valence-corrected chi connectivity index (χ4v) is 6.37. The molecule has 1 saturated heterocycles. The molecule has 1 atom stereocenters. The predicted octanol–water partition coefficient (Wildman–Crippen LogP) is 3.16. The summed E-state index contributed by atoms with van der Waals surface area (Å²) in [5.74, 6) is 0.271. The van der Waals surface area contributed by atoms with E-state index in [9.17, 15) is 8.23 Å². The minimum Gasteiger partial charge on any atom is -0.485 e. The lowest BCUT2D eigenvalue weighted by atomic mass is 9.83. The van der Waals surface area contributed by atoms with Gasteiger partial charge in [0.2, 0.25) is 0 Å². The van der Waals surface area contributed by atoms with E-state index in [0.717, 1.165) is 52.7 Å². The van der Waals surface area contributed by atoms with Gasteiger partial charge in [-0.2, -0.15) is 0 Å². The molecule has 0 bridgehead atoms. The van der Waals surface area contributed by atoms with Crippen molar-refractivity contribution in [3.05, 3.63) is 35.4 Å². The summed E-state index contributed by atoms with van der Waals surface area (Å²) < 4.78 is 17.9. The van der Waals surface area contributed by atoms with E-state index in [4.69, 9.17) is 9.94 Å². The zero-order valence-electron chi connectivity index (χ0n) is 15.9. The number of carbonyl (C=O) groups is 1. The van der Waals surface area contributed by atoms with E-state index in [1.165, 1.54) is 31.8 Å². The molecule has 3 aliphatic rings. The monoisotopic (exact) mass is 498 g/mol. The average Bonchev–Trinajstić information content (AvgIpc) is 3.26. The van der Waals surface area contributed by atoms with Gasteiger partial charge in [-0.3, -0.25) is 14.9 Å². The lowest BCUT2D eigenvalue weighted by Crippen LogP contribution is -2.56. The number of likely N-dealkylation sites (tertiary alicyclic amines) is 1. The summed E-state index contributed by atoms with van der Waals surface area (Å²) in [4.78, 5) is 13.8. The molecule has 0 radical (unpaired) electrons. The number of hydrogen-bond acceptors (Lipinski definition) is 5. The Balaban J connectivity index is 1.57. The number of piperidine rings is 1. The van der Waals surface area contributed by atoms with Crippen molar-refractivity contribution in [1.82, 2.24) is 10.4 Å². The van der Waals surface area contributed by atoms with E-state index < -0.39 is 27.1 Å². The minimum atomic E-state index is -1.05. The van der Waals surface area contributed by atoms with Crippen molar-refractivity contribution in [1.29, 1.82) is 0 Å². The Morgan fingerprint density at radius 1 is 1.32 bits per heavy atom. The fourth-order valence-electron chi connectivity index (χ4n) is 4.83. The number of hydroxylamine groups is 1. The van der Waals surface area contributed by atoms with Crippen LogP contribution in [0.1, 0.15) is 56.1 Å². The van der Waals surface area contributed by atoms with Crippen LogP contribution < -0.4 is 10.2 Å². The molecule has 152 valence electrons. The number of carbonyl (C=O) groups excluding carboxylic acids is 1. The van der Waals surface area contributed by atoms with Crippen LogP contribution in [0.5, 0.6) is 5.75 Å². The van der Waals surface area contributed by atoms with Crippen molar-refractivity contribution in [3.63, 3.8) is 0 Å². The molecule has 2 heterocycles. The lowest BCUT2D eigenvalue weighted by molar-refractivity contribution is -0.124. The van der Waals surface area contributed by atoms with Crippen molar-refractivity contribution >= 4 is 36.6 Å². The number of amides is 1. The standard InChI is InChI=1S/C21H27IN2O4/c25-20(23-27)9-7-15-6-8-19-17(12-15)18(22-26)13-21(28-19)10-3-11-24(14-21)16-4-1-2-5-16/h6-9,12,16,26-27H,1-5,10-11,13-14H2,(H,23,25)/b9-7+. The number of benzene rings is 1. The van der Waals surface area contributed by atoms with Gasteiger partial charge in [-0.1, -0.05) is 18.9 Å². The first-order valence-electron chi connectivity index (χ1n) is 9.96. The van der Waals surface area contributed by atoms with Gasteiger partial charge in [0, 0.05) is 55.3 Å². The molecule has 1 aliphatic carbocycles. The van der Waals surface area contributed by atoms with Gasteiger partial charge in [0.1, 0.15) is 11.4 Å². The first-order chi connectivity index (χ1) is 13.6. The predicted molar refractivity (Wildman–Crippen MR) is 117 cm³/mol. The first kappa shape index (κ1) is 20.0. The third-order valence-electron chi connectivity index (χ3n) is 6.15. The Morgan fingerprint density at radius 3 is 2.89 bits per heavy atom. The zero-order valence-corrected chi connectivity index (χ0v) is 18.0. The van der Waals surface area contributed by atoms with Crippen molar-refractivity contribution in [2.75, 3.05) is 13.1 Å². The van der Waals surface area contributed by atoms with Gasteiger partial charge < -0.3 is 8.17 Å². The summed E-state index contributed by atoms with van der Waals surface area (Å²) in [6, 6.07) is 6.51. The molecule has 7 heteroatoms. The highest BCUT2D eigenvalue weighted by Gasteiger charge is 2.44. The maximum atomic E-state index is 11.2. The Hall–Kier alpha value is -1.29. The second-order valence-corrected chi connectivity index (χ2v) is 9.81. The maximum absolute atomic E-state index is 11.2. The number of rotatable bonds is 3. The van der Waals surface area contributed by atoms with Gasteiger partial charge in [0.15, 0.2) is 0 Å². The molecule has 2 fully saturated rings. The molecule has 28 heavy (non-hydrogen) atoms. The van der Waals surface area contributed by atoms with E-state index in [0.29, 0.717) is 6.04 Å². The Bertz CT molecular complexity index is 804. The topological polar surface area (TPSA) is 82.0 Å². The SMILES string of the molecule is O=C(/C=C/c1ccc2c(c1)C(=IO)CC1(CCCN(C3CCCC3)C1)O2)NO. The molecule has 1 saturated carbocycles. The first-order valence-corrected chi connectivity index (χ1v) is 12.0. The molecule has 1 unspecified atom stereocenters. The van der Waals surface area contributed by atoms with E-state index in [2.05, 4.69) is 4.90 Å². The molecule has 1 aromatic carbocycles. The molecule has 1 aromatic rings. The van der Waals surface area contributed by atoms with Crippen LogP contribution in [0, 0.1) is 0 Å². The molecule has 1 amide bonds. The number of nitrogens with one attached hydrogen (secondary N) is 1. The smallest absolute Gasteiger partial charge is 0.267 e. The average molecular weight is 498 g/mol. The van der Waals surface area contributed by atoms with Gasteiger partial charge >= 0.3 is 0 Å². The highest BCUT2D eigenvalue weighted by atomic mass is 127. The Kier molecular flexibility index (Phi) is 6.15. The van der Waals surface area contributed by atoms with Crippen LogP contribution >= 0.6 is 21.1 Å². The van der Waals surface area contributed by atoms with Crippen LogP contribution in [0.2, 0.25) is 0 Å². The van der Waals surface area contributed by atoms with Gasteiger partial charge in [0.25, 0.3) is 5.91 Å². The number of hydrogen-bond donors (Lipinski definition) is 3. The number of nitrogens with zero attached hydrogens (tertiary/aromatic N) is 1.